The van der Waals surface area contributed by atoms with Crippen LogP contribution >= 0.6 is 19.5 Å². The molecular formula is C12H26ClP. The van der Waals surface area contributed by atoms with E-state index >= 15 is 0 Å². The molecule has 0 unspecified atom stereocenters. The first kappa shape index (κ1) is 14.7. The van der Waals surface area contributed by atoms with Crippen LogP contribution < -0.4 is 0 Å². The fraction of sp³-hybridized carbons (Fsp3) is 1.00. The monoisotopic (exact) mass is 236 g/mol. The minimum Gasteiger partial charge on any atom is -0.126 e. The van der Waals surface area contributed by atoms with Gasteiger partial charge in [0.05, 0.1) is 0 Å². The summed E-state index contributed by atoms with van der Waals surface area (Å²) in [6.45, 7) is 18.7. The molecule has 0 aromatic carbocycles. The van der Waals surface area contributed by atoms with Crippen LogP contribution in [0.15, 0.2) is 0 Å². The van der Waals surface area contributed by atoms with Crippen LogP contribution in [-0.4, -0.2) is 21.3 Å². The maximum atomic E-state index is 6.12. The van der Waals surface area contributed by atoms with Gasteiger partial charge in [0, 0.05) is 5.88 Å². The minimum atomic E-state index is -0.118. The second-order valence-corrected chi connectivity index (χ2v) is 11.5. The van der Waals surface area contributed by atoms with Gasteiger partial charge in [-0.15, -0.1) is 11.6 Å². The Morgan fingerprint density at radius 2 is 1.07 bits per heavy atom. The summed E-state index contributed by atoms with van der Waals surface area (Å²) in [5.41, 5.74) is 0. The summed E-state index contributed by atoms with van der Waals surface area (Å²) < 4.78 is 0. The first-order valence-corrected chi connectivity index (χ1v) is 7.17. The number of halogens is 1. The number of hydrogen-bond acceptors (Lipinski definition) is 0. The highest BCUT2D eigenvalue weighted by Gasteiger charge is 2.43. The molecule has 0 rings (SSSR count). The van der Waals surface area contributed by atoms with Gasteiger partial charge in [-0.1, -0.05) is 63.3 Å². The Bertz CT molecular complexity index is 169. The van der Waals surface area contributed by atoms with Gasteiger partial charge in [-0.2, -0.15) is 0 Å². The van der Waals surface area contributed by atoms with Gasteiger partial charge >= 0.3 is 0 Å². The van der Waals surface area contributed by atoms with Crippen LogP contribution in [-0.2, 0) is 0 Å². The molecule has 86 valence electrons. The van der Waals surface area contributed by atoms with E-state index in [0.717, 1.165) is 5.88 Å². The molecule has 0 heterocycles. The van der Waals surface area contributed by atoms with Crippen LogP contribution in [0.3, 0.4) is 0 Å². The van der Waals surface area contributed by atoms with E-state index in [0.29, 0.717) is 10.3 Å². The topological polar surface area (TPSA) is 0 Å². The number of rotatable bonds is 2. The maximum absolute atomic E-state index is 6.12. The van der Waals surface area contributed by atoms with Crippen molar-refractivity contribution >= 4 is 19.5 Å². The molecule has 0 atom stereocenters. The van der Waals surface area contributed by atoms with Gasteiger partial charge in [0.2, 0.25) is 0 Å². The summed E-state index contributed by atoms with van der Waals surface area (Å²) in [5.74, 6) is 0.757. The Morgan fingerprint density at radius 1 is 0.786 bits per heavy atom. The van der Waals surface area contributed by atoms with Crippen molar-refractivity contribution in [1.82, 2.24) is 0 Å². The van der Waals surface area contributed by atoms with E-state index in [1.807, 2.05) is 0 Å². The fourth-order valence-electron chi connectivity index (χ4n) is 2.88. The fourth-order valence-corrected chi connectivity index (χ4v) is 9.00. The number of alkyl halides is 1. The van der Waals surface area contributed by atoms with E-state index < -0.39 is 0 Å². The molecule has 0 aromatic heterocycles. The lowest BCUT2D eigenvalue weighted by molar-refractivity contribution is 0.646. The van der Waals surface area contributed by atoms with Crippen LogP contribution in [0.4, 0.5) is 0 Å². The van der Waals surface area contributed by atoms with Crippen molar-refractivity contribution in [3.05, 3.63) is 0 Å². The van der Waals surface area contributed by atoms with Gasteiger partial charge < -0.3 is 0 Å². The molecule has 0 saturated carbocycles. The van der Waals surface area contributed by atoms with Crippen molar-refractivity contribution in [2.75, 3.05) is 5.88 Å². The third-order valence-electron chi connectivity index (χ3n) is 2.27. The van der Waals surface area contributed by atoms with Crippen LogP contribution in [0.25, 0.3) is 0 Å². The lowest BCUT2D eigenvalue weighted by Crippen LogP contribution is -2.37. The zero-order valence-corrected chi connectivity index (χ0v) is 12.7. The van der Waals surface area contributed by atoms with E-state index in [4.69, 9.17) is 11.6 Å². The molecule has 0 bridgehead atoms. The van der Waals surface area contributed by atoms with E-state index in [-0.39, 0.29) is 13.1 Å². The lowest BCUT2D eigenvalue weighted by Gasteiger charge is -2.50. The molecule has 0 aliphatic rings. The maximum Gasteiger partial charge on any atom is 0.0314 e. The average molecular weight is 237 g/mol. The highest BCUT2D eigenvalue weighted by molar-refractivity contribution is 7.62. The van der Waals surface area contributed by atoms with Gasteiger partial charge in [-0.05, 0) is 15.5 Å². The molecule has 0 fully saturated rings. The van der Waals surface area contributed by atoms with Gasteiger partial charge in [-0.3, -0.25) is 0 Å². The van der Waals surface area contributed by atoms with Crippen LogP contribution in [0.1, 0.15) is 55.4 Å². The smallest absolute Gasteiger partial charge is 0.0314 e. The molecule has 2 heteroatoms. The van der Waals surface area contributed by atoms with Crippen molar-refractivity contribution in [1.29, 1.82) is 0 Å². The molecule has 0 N–H and O–H groups in total. The Kier molecular flexibility index (Phi) is 4.52. The summed E-state index contributed by atoms with van der Waals surface area (Å²) in [7, 11) is -0.118. The van der Waals surface area contributed by atoms with Crippen molar-refractivity contribution in [2.45, 2.75) is 70.9 Å². The second-order valence-electron chi connectivity index (χ2n) is 6.62. The normalized spacial score (nSPS) is 15.0. The van der Waals surface area contributed by atoms with Crippen molar-refractivity contribution in [2.24, 2.45) is 0 Å². The van der Waals surface area contributed by atoms with Crippen LogP contribution in [0.2, 0.25) is 0 Å². The minimum absolute atomic E-state index is 0.118. The molecule has 0 aromatic rings. The summed E-state index contributed by atoms with van der Waals surface area (Å²) in [4.78, 5) is 0. The van der Waals surface area contributed by atoms with E-state index in [1.54, 1.807) is 0 Å². The highest BCUT2D eigenvalue weighted by atomic mass is 35.5. The second kappa shape index (κ2) is 4.30. The Balaban J connectivity index is 5.14. The Hall–Kier alpha value is 0.720. The molecule has 0 spiro atoms. The predicted molar refractivity (Wildman–Crippen MR) is 71.2 cm³/mol. The molecule has 14 heavy (non-hydrogen) atoms. The predicted octanol–water partition coefficient (Wildman–Crippen LogP) is 5.08. The SMILES string of the molecule is CC(C)(C)P(C(C)(C)C)C(C)(C)CCl. The third kappa shape index (κ3) is 3.70. The molecule has 0 nitrogen and oxygen atoms in total. The molecular weight excluding hydrogens is 211 g/mol. The highest BCUT2D eigenvalue weighted by Crippen LogP contribution is 2.67. The molecule has 0 aliphatic heterocycles. The molecule has 0 aliphatic carbocycles. The summed E-state index contributed by atoms with van der Waals surface area (Å²) in [5, 5.41) is 0.991. The van der Waals surface area contributed by atoms with Gasteiger partial charge in [0.25, 0.3) is 0 Å². The zero-order chi connectivity index (χ0) is 11.8. The van der Waals surface area contributed by atoms with Gasteiger partial charge in [0.1, 0.15) is 0 Å². The van der Waals surface area contributed by atoms with Crippen molar-refractivity contribution in [3.63, 3.8) is 0 Å². The van der Waals surface area contributed by atoms with Crippen molar-refractivity contribution < 1.29 is 0 Å². The molecule has 0 saturated heterocycles. The summed E-state index contributed by atoms with van der Waals surface area (Å²) in [6, 6.07) is 0. The molecule has 0 radical (unpaired) electrons. The summed E-state index contributed by atoms with van der Waals surface area (Å²) in [6.07, 6.45) is 0. The van der Waals surface area contributed by atoms with E-state index in [1.165, 1.54) is 0 Å². The standard InChI is InChI=1S/C12H26ClP/c1-10(2,3)14(11(4,5)6)12(7,8)9-13/h9H2,1-8H3. The third-order valence-corrected chi connectivity index (χ3v) is 7.18. The average Bonchev–Trinajstić information content (AvgIpc) is 1.79. The number of hydrogen-bond donors (Lipinski definition) is 0. The Labute approximate surface area is 96.6 Å². The first-order chi connectivity index (χ1) is 5.93. The van der Waals surface area contributed by atoms with Crippen LogP contribution in [0, 0.1) is 0 Å². The quantitative estimate of drug-likeness (QED) is 0.463. The first-order valence-electron chi connectivity index (χ1n) is 5.29. The van der Waals surface area contributed by atoms with Crippen LogP contribution in [0.5, 0.6) is 0 Å². The van der Waals surface area contributed by atoms with Gasteiger partial charge in [-0.25, -0.2) is 0 Å². The summed E-state index contributed by atoms with van der Waals surface area (Å²) >= 11 is 6.12. The lowest BCUT2D eigenvalue weighted by atomic mass is 10.2. The van der Waals surface area contributed by atoms with Gasteiger partial charge in [0.15, 0.2) is 0 Å². The van der Waals surface area contributed by atoms with E-state index in [9.17, 15) is 0 Å². The zero-order valence-electron chi connectivity index (χ0n) is 11.0. The van der Waals surface area contributed by atoms with Crippen molar-refractivity contribution in [3.8, 4) is 0 Å². The van der Waals surface area contributed by atoms with E-state index in [2.05, 4.69) is 55.4 Å². The largest absolute Gasteiger partial charge is 0.126 e. The molecule has 0 amide bonds. The Morgan fingerprint density at radius 3 is 1.14 bits per heavy atom.